The molecule has 0 bridgehead atoms. The van der Waals surface area contributed by atoms with Crippen molar-refractivity contribution in [3.63, 3.8) is 0 Å². The van der Waals surface area contributed by atoms with E-state index in [0.717, 1.165) is 31.5 Å². The number of nitrogens with one attached hydrogen (secondary N) is 1. The van der Waals surface area contributed by atoms with Crippen molar-refractivity contribution < 1.29 is 4.39 Å². The molecule has 0 spiro atoms. The first-order valence-corrected chi connectivity index (χ1v) is 8.67. The first-order valence-electron chi connectivity index (χ1n) is 8.67. The van der Waals surface area contributed by atoms with Crippen LogP contribution in [-0.4, -0.2) is 43.1 Å². The zero-order valence-electron chi connectivity index (χ0n) is 13.9. The molecule has 1 unspecified atom stereocenters. The highest BCUT2D eigenvalue weighted by atomic mass is 19.1. The van der Waals surface area contributed by atoms with Crippen LogP contribution in [0.2, 0.25) is 0 Å². The number of halogens is 1. The van der Waals surface area contributed by atoms with Gasteiger partial charge in [-0.25, -0.2) is 4.39 Å². The van der Waals surface area contributed by atoms with E-state index >= 15 is 0 Å². The molecule has 1 aromatic carbocycles. The van der Waals surface area contributed by atoms with Gasteiger partial charge in [-0.05, 0) is 56.5 Å². The van der Waals surface area contributed by atoms with Crippen molar-refractivity contribution in [2.24, 2.45) is 10.7 Å². The molecule has 1 saturated heterocycles. The number of guanidine groups is 1. The maximum Gasteiger partial charge on any atom is 0.188 e. The third kappa shape index (κ3) is 3.83. The summed E-state index contributed by atoms with van der Waals surface area (Å²) in [5.74, 6) is 0.334. The van der Waals surface area contributed by atoms with Gasteiger partial charge in [-0.2, -0.15) is 0 Å². The molecule has 126 valence electrons. The minimum atomic E-state index is -0.176. The van der Waals surface area contributed by atoms with Gasteiger partial charge in [-0.3, -0.25) is 9.89 Å². The number of hydrogen-bond donors (Lipinski definition) is 2. The fourth-order valence-corrected chi connectivity index (χ4v) is 3.56. The van der Waals surface area contributed by atoms with Crippen LogP contribution < -0.4 is 11.1 Å². The molecule has 1 saturated carbocycles. The molecule has 1 aliphatic heterocycles. The fourth-order valence-electron chi connectivity index (χ4n) is 3.56. The number of rotatable bonds is 6. The largest absolute Gasteiger partial charge is 0.370 e. The van der Waals surface area contributed by atoms with Gasteiger partial charge in [0.05, 0.1) is 6.54 Å². The molecule has 2 fully saturated rings. The number of nitrogens with two attached hydrogens (primary N) is 1. The summed E-state index contributed by atoms with van der Waals surface area (Å²) >= 11 is 0. The molecule has 23 heavy (non-hydrogen) atoms. The number of likely N-dealkylation sites (tertiary alicyclic amines) is 1. The highest BCUT2D eigenvalue weighted by molar-refractivity contribution is 5.78. The van der Waals surface area contributed by atoms with Gasteiger partial charge in [-0.1, -0.05) is 19.1 Å². The van der Waals surface area contributed by atoms with E-state index < -0.39 is 0 Å². The minimum Gasteiger partial charge on any atom is -0.370 e. The SMILES string of the molecule is CCN1CCCC1CNC(N)=NCC1(c2cccc(F)c2)CC1. The second-order valence-electron chi connectivity index (χ2n) is 6.80. The molecule has 3 N–H and O–H groups in total. The zero-order chi connectivity index (χ0) is 16.3. The minimum absolute atomic E-state index is 0.00277. The highest BCUT2D eigenvalue weighted by Crippen LogP contribution is 2.48. The van der Waals surface area contributed by atoms with Crippen LogP contribution in [0.15, 0.2) is 29.3 Å². The first kappa shape index (κ1) is 16.2. The summed E-state index contributed by atoms with van der Waals surface area (Å²) < 4.78 is 13.4. The number of benzene rings is 1. The molecular weight excluding hydrogens is 291 g/mol. The van der Waals surface area contributed by atoms with E-state index in [1.165, 1.54) is 25.5 Å². The van der Waals surface area contributed by atoms with Crippen LogP contribution in [0.5, 0.6) is 0 Å². The summed E-state index contributed by atoms with van der Waals surface area (Å²) in [4.78, 5) is 7.00. The maximum atomic E-state index is 13.4. The van der Waals surface area contributed by atoms with E-state index in [4.69, 9.17) is 5.73 Å². The summed E-state index contributed by atoms with van der Waals surface area (Å²) in [6, 6.07) is 7.44. The molecule has 4 nitrogen and oxygen atoms in total. The Hall–Kier alpha value is -1.62. The molecule has 2 aliphatic rings. The van der Waals surface area contributed by atoms with Crippen molar-refractivity contribution in [1.29, 1.82) is 0 Å². The quantitative estimate of drug-likeness (QED) is 0.625. The van der Waals surface area contributed by atoms with Crippen molar-refractivity contribution in [3.05, 3.63) is 35.6 Å². The molecule has 0 radical (unpaired) electrons. The lowest BCUT2D eigenvalue weighted by molar-refractivity contribution is 0.267. The molecule has 1 aliphatic carbocycles. The van der Waals surface area contributed by atoms with Gasteiger partial charge in [0.15, 0.2) is 5.96 Å². The molecule has 3 rings (SSSR count). The van der Waals surface area contributed by atoms with E-state index in [2.05, 4.69) is 22.1 Å². The second kappa shape index (κ2) is 6.87. The Morgan fingerprint density at radius 1 is 1.48 bits per heavy atom. The van der Waals surface area contributed by atoms with Crippen LogP contribution in [0.1, 0.15) is 38.2 Å². The monoisotopic (exact) mass is 318 g/mol. The zero-order valence-corrected chi connectivity index (χ0v) is 13.9. The summed E-state index contributed by atoms with van der Waals surface area (Å²) in [5.41, 5.74) is 7.07. The van der Waals surface area contributed by atoms with Crippen LogP contribution in [0, 0.1) is 5.82 Å². The lowest BCUT2D eigenvalue weighted by Gasteiger charge is -2.23. The summed E-state index contributed by atoms with van der Waals surface area (Å²) in [7, 11) is 0. The number of hydrogen-bond acceptors (Lipinski definition) is 2. The lowest BCUT2D eigenvalue weighted by atomic mass is 9.96. The Kier molecular flexibility index (Phi) is 4.85. The van der Waals surface area contributed by atoms with Gasteiger partial charge in [0, 0.05) is 18.0 Å². The summed E-state index contributed by atoms with van der Waals surface area (Å²) in [6.45, 7) is 5.97. The van der Waals surface area contributed by atoms with Gasteiger partial charge < -0.3 is 11.1 Å². The molecule has 1 heterocycles. The number of aliphatic imine (C=N–C) groups is 1. The van der Waals surface area contributed by atoms with Crippen molar-refractivity contribution >= 4 is 5.96 Å². The van der Waals surface area contributed by atoms with Gasteiger partial charge >= 0.3 is 0 Å². The Balaban J connectivity index is 1.53. The van der Waals surface area contributed by atoms with E-state index in [9.17, 15) is 4.39 Å². The van der Waals surface area contributed by atoms with Crippen LogP contribution in [0.25, 0.3) is 0 Å². The molecule has 0 amide bonds. The van der Waals surface area contributed by atoms with E-state index in [1.807, 2.05) is 6.07 Å². The standard InChI is InChI=1S/C18H27FN4/c1-2-23-10-4-7-16(23)12-21-17(20)22-13-18(8-9-18)14-5-3-6-15(19)11-14/h3,5-6,11,16H,2,4,7-10,12-13H2,1H3,(H3,20,21,22). The molecule has 5 heteroatoms. The van der Waals surface area contributed by atoms with Crippen LogP contribution in [0.4, 0.5) is 4.39 Å². The van der Waals surface area contributed by atoms with E-state index in [1.54, 1.807) is 12.1 Å². The summed E-state index contributed by atoms with van der Waals surface area (Å²) in [6.07, 6.45) is 4.60. The Morgan fingerprint density at radius 3 is 3.00 bits per heavy atom. The highest BCUT2D eigenvalue weighted by Gasteiger charge is 2.44. The predicted octanol–water partition coefficient (Wildman–Crippen LogP) is 2.25. The van der Waals surface area contributed by atoms with Gasteiger partial charge in [0.1, 0.15) is 5.82 Å². The Labute approximate surface area is 138 Å². The first-order chi connectivity index (χ1) is 11.1. The van der Waals surface area contributed by atoms with Crippen molar-refractivity contribution in [2.75, 3.05) is 26.2 Å². The second-order valence-corrected chi connectivity index (χ2v) is 6.80. The molecule has 1 atom stereocenters. The third-order valence-electron chi connectivity index (χ3n) is 5.27. The van der Waals surface area contributed by atoms with Crippen molar-refractivity contribution in [2.45, 2.75) is 44.1 Å². The number of likely N-dealkylation sites (N-methyl/N-ethyl adjacent to an activating group) is 1. The average Bonchev–Trinajstić information content (AvgIpc) is 3.21. The summed E-state index contributed by atoms with van der Waals surface area (Å²) in [5, 5.41) is 3.26. The van der Waals surface area contributed by atoms with Crippen molar-refractivity contribution in [3.8, 4) is 0 Å². The van der Waals surface area contributed by atoms with Gasteiger partial charge in [0.2, 0.25) is 0 Å². The Bertz CT molecular complexity index is 568. The number of nitrogens with zero attached hydrogens (tertiary/aromatic N) is 2. The van der Waals surface area contributed by atoms with E-state index in [0.29, 0.717) is 18.5 Å². The topological polar surface area (TPSA) is 53.6 Å². The van der Waals surface area contributed by atoms with Crippen LogP contribution in [-0.2, 0) is 5.41 Å². The van der Waals surface area contributed by atoms with Gasteiger partial charge in [-0.15, -0.1) is 0 Å². The van der Waals surface area contributed by atoms with Crippen LogP contribution in [0.3, 0.4) is 0 Å². The normalized spacial score (nSPS) is 23.9. The fraction of sp³-hybridized carbons (Fsp3) is 0.611. The molecular formula is C18H27FN4. The van der Waals surface area contributed by atoms with Gasteiger partial charge in [0.25, 0.3) is 0 Å². The average molecular weight is 318 g/mol. The molecule has 1 aromatic rings. The van der Waals surface area contributed by atoms with Crippen molar-refractivity contribution in [1.82, 2.24) is 10.2 Å². The maximum absolute atomic E-state index is 13.4. The predicted molar refractivity (Wildman–Crippen MR) is 92.1 cm³/mol. The third-order valence-corrected chi connectivity index (χ3v) is 5.27. The van der Waals surface area contributed by atoms with Crippen LogP contribution >= 0.6 is 0 Å². The van der Waals surface area contributed by atoms with E-state index in [-0.39, 0.29) is 11.2 Å². The Morgan fingerprint density at radius 2 is 2.30 bits per heavy atom. The molecule has 0 aromatic heterocycles. The lowest BCUT2D eigenvalue weighted by Crippen LogP contribution is -2.43. The smallest absolute Gasteiger partial charge is 0.188 e.